The Balaban J connectivity index is 0.000000104. The maximum atomic E-state index is 15.4. The molecule has 3 aliphatic heterocycles. The van der Waals surface area contributed by atoms with Crippen LogP contribution >= 0.6 is 21.4 Å². The number of hydrogen-bond acceptors (Lipinski definition) is 5. The van der Waals surface area contributed by atoms with E-state index in [9.17, 15) is 0 Å². The van der Waals surface area contributed by atoms with Gasteiger partial charge in [-0.15, -0.1) is 0 Å². The number of aromatic nitrogens is 3. The fourth-order valence-corrected chi connectivity index (χ4v) is 31.3. The molecule has 0 saturated heterocycles. The summed E-state index contributed by atoms with van der Waals surface area (Å²) in [6, 6.07) is 167. The second kappa shape index (κ2) is 30.6. The van der Waals surface area contributed by atoms with E-state index < -0.39 is 21.4 Å². The zero-order chi connectivity index (χ0) is 89.4. The van der Waals surface area contributed by atoms with Crippen LogP contribution in [-0.4, -0.2) is 13.7 Å². The molecule has 26 aromatic rings. The molecule has 0 aliphatic carbocycles. The van der Waals surface area contributed by atoms with Crippen LogP contribution in [0.2, 0.25) is 0 Å². The average molecular weight is 1780 g/mol. The summed E-state index contributed by atoms with van der Waals surface area (Å²) < 4.78 is 58.9. The highest BCUT2D eigenvalue weighted by Gasteiger charge is 2.44. The van der Waals surface area contributed by atoms with Gasteiger partial charge in [-0.2, -0.15) is 0 Å². The Kier molecular flexibility index (Phi) is 17.8. The monoisotopic (exact) mass is 1780 g/mol. The molecule has 4 aromatic heterocycles. The highest BCUT2D eigenvalue weighted by molar-refractivity contribution is 7.87. The summed E-state index contributed by atoms with van der Waals surface area (Å²) in [5, 5.41) is 27.0. The third kappa shape index (κ3) is 12.0. The van der Waals surface area contributed by atoms with E-state index in [4.69, 9.17) is 4.42 Å². The minimum Gasteiger partial charge on any atom is -0.456 e. The maximum absolute atomic E-state index is 15.4. The number of para-hydroxylation sites is 4. The molecule has 0 radical (unpaired) electrons. The third-order valence-electron chi connectivity index (χ3n) is 28.3. The van der Waals surface area contributed by atoms with Crippen molar-refractivity contribution in [1.82, 2.24) is 13.7 Å². The van der Waals surface area contributed by atoms with Gasteiger partial charge in [-0.25, -0.2) is 0 Å². The Hall–Kier alpha value is -16.4. The summed E-state index contributed by atoms with van der Waals surface area (Å²) >= 11 is 0. The normalized spacial score (nSPS) is 15.6. The van der Waals surface area contributed by atoms with Crippen LogP contribution in [0.1, 0.15) is 0 Å². The Morgan fingerprint density at radius 1 is 0.178 bits per heavy atom. The topological polar surface area (TPSA) is 82.4 Å². The number of fused-ring (bicyclic) bond motifs is 25. The molecule has 3 aliphatic rings. The smallest absolute Gasteiger partial charge is 0.172 e. The van der Waals surface area contributed by atoms with Crippen LogP contribution in [0.4, 0.5) is 17.1 Å². The van der Waals surface area contributed by atoms with Crippen LogP contribution in [0.25, 0.3) is 181 Å². The lowest BCUT2D eigenvalue weighted by Crippen LogP contribution is -2.20. The molecule has 0 spiro atoms. The Morgan fingerprint density at radius 3 is 0.933 bits per heavy atom. The fourth-order valence-electron chi connectivity index (χ4n) is 22.1. The van der Waals surface area contributed by atoms with Gasteiger partial charge < -0.3 is 36.7 Å². The Labute approximate surface area is 777 Å². The van der Waals surface area contributed by atoms with Crippen molar-refractivity contribution in [1.29, 1.82) is 0 Å². The van der Waals surface area contributed by atoms with Crippen LogP contribution < -0.4 is 52.6 Å². The molecule has 3 atom stereocenters. The van der Waals surface area contributed by atoms with Gasteiger partial charge >= 0.3 is 0 Å². The van der Waals surface area contributed by atoms with Crippen molar-refractivity contribution in [2.24, 2.45) is 0 Å². The fraction of sp³-hybridized carbons (Fsp3) is 0. The van der Waals surface area contributed by atoms with E-state index >= 15 is 13.7 Å². The standard InChI is InChI=1S/C50H33N2OP.C38H24NOP.C36H22NO2P/c53-54(42-16-2-1-3-17-42)49-21-11-9-19-44(49)46-32-48-45(33-50(46)54)43-18-8-10-20-47(43)52(48)39-28-26-38(27-29-39)51(40-24-22-34-12-4-6-14-36(34)30-40)41-25-23-35-13-5-7-15-37(35)31-41;40-41(30-12-2-1-3-13-30)37-17-9-7-15-32(37)34-23-36-33(24-38(34)41)31-14-6-8-16-35(31)39(36)29-19-18-27-20-25-10-4-5-11-26(25)21-28(27)22-29;38-40(24-10-2-1-3-11-24)35-17-9-6-14-27(35)30-21-32-28(22-36(30)40)25-12-4-7-15-31(25)37(32)23-18-19-34-29(20-23)26-13-5-8-16-33(26)39-34/h1-33H;1-24H;1-22H. The number of hydrogen-bond donors (Lipinski definition) is 0. The number of nitrogens with zero attached hydrogens (tertiary/aromatic N) is 4. The predicted molar refractivity (Wildman–Crippen MR) is 569 cm³/mol. The van der Waals surface area contributed by atoms with Crippen molar-refractivity contribution in [3.05, 3.63) is 479 Å². The highest BCUT2D eigenvalue weighted by Crippen LogP contribution is 2.58. The highest BCUT2D eigenvalue weighted by atomic mass is 31.2. The molecule has 0 bridgehead atoms. The molecule has 0 fully saturated rings. The molecule has 3 unspecified atom stereocenters. The molecule has 29 rings (SSSR count). The summed E-state index contributed by atoms with van der Waals surface area (Å²) in [7, 11) is -9.10. The van der Waals surface area contributed by atoms with Crippen molar-refractivity contribution in [2.75, 3.05) is 4.90 Å². The lowest BCUT2D eigenvalue weighted by atomic mass is 10.0. The first-order chi connectivity index (χ1) is 66.6. The van der Waals surface area contributed by atoms with Gasteiger partial charge in [-0.3, -0.25) is 0 Å². The van der Waals surface area contributed by atoms with E-state index in [-0.39, 0.29) is 0 Å². The van der Waals surface area contributed by atoms with Crippen LogP contribution in [-0.2, 0) is 13.7 Å². The zero-order valence-corrected chi connectivity index (χ0v) is 75.6. The van der Waals surface area contributed by atoms with Gasteiger partial charge in [-0.05, 0) is 228 Å². The Bertz CT molecular complexity index is 9570. The van der Waals surface area contributed by atoms with Gasteiger partial charge in [0.15, 0.2) is 21.4 Å². The van der Waals surface area contributed by atoms with E-state index in [2.05, 4.69) is 358 Å². The van der Waals surface area contributed by atoms with Gasteiger partial charge in [0.05, 0.1) is 33.1 Å². The molecule has 7 heterocycles. The Morgan fingerprint density at radius 2 is 0.489 bits per heavy atom. The number of anilines is 3. The van der Waals surface area contributed by atoms with E-state index in [0.717, 1.165) is 197 Å². The van der Waals surface area contributed by atoms with Crippen molar-refractivity contribution in [3.63, 3.8) is 0 Å². The summed E-state index contributed by atoms with van der Waals surface area (Å²) in [6.07, 6.45) is 0. The quantitative estimate of drug-likeness (QED) is 0.106. The number of furan rings is 1. The van der Waals surface area contributed by atoms with Crippen molar-refractivity contribution >= 4 is 217 Å². The lowest BCUT2D eigenvalue weighted by molar-refractivity contribution is 0.592. The van der Waals surface area contributed by atoms with Gasteiger partial charge in [0.2, 0.25) is 0 Å². The van der Waals surface area contributed by atoms with Crippen LogP contribution in [0.5, 0.6) is 0 Å². The van der Waals surface area contributed by atoms with Gasteiger partial charge in [0.25, 0.3) is 0 Å². The molecule has 0 N–H and O–H groups in total. The molecular formula is C124H79N4O4P3. The molecule has 8 nitrogen and oxygen atoms in total. The van der Waals surface area contributed by atoms with Gasteiger partial charge in [-0.1, -0.05) is 328 Å². The largest absolute Gasteiger partial charge is 0.456 e. The van der Waals surface area contributed by atoms with E-state index in [1.54, 1.807) is 0 Å². The average Bonchev–Trinajstić information content (AvgIpc) is 1.54. The second-order valence-corrected chi connectivity index (χ2v) is 43.6. The lowest BCUT2D eigenvalue weighted by Gasteiger charge is -2.26. The molecule has 22 aromatic carbocycles. The van der Waals surface area contributed by atoms with E-state index in [0.29, 0.717) is 0 Å². The summed E-state index contributed by atoms with van der Waals surface area (Å²) in [6.45, 7) is 0. The first kappa shape index (κ1) is 78.4. The summed E-state index contributed by atoms with van der Waals surface area (Å²) in [5.41, 5.74) is 21.4. The van der Waals surface area contributed by atoms with Crippen molar-refractivity contribution in [2.45, 2.75) is 0 Å². The molecule has 135 heavy (non-hydrogen) atoms. The first-order valence-electron chi connectivity index (χ1n) is 45.8. The first-order valence-corrected chi connectivity index (χ1v) is 50.9. The van der Waals surface area contributed by atoms with Crippen LogP contribution in [0.15, 0.2) is 484 Å². The SMILES string of the molecule is O=P1(c2ccccc2)c2ccccc2-c2cc3c(cc21)c1ccccc1n3-c1ccc(N(c2ccc3ccccc3c2)c2ccc3ccccc3c2)cc1.O=P1(c2ccccc2)c2ccccc2-c2cc3c(cc21)c1ccccc1n3-c1ccc2cc3ccccc3cc2c1.O=P1(c2ccccc2)c2ccccc2-c2cc3c(cc21)c1ccccc1n3-c1ccc2oc3ccccc3c2c1. The second-order valence-electron chi connectivity index (χ2n) is 35.5. The van der Waals surface area contributed by atoms with Crippen LogP contribution in [0.3, 0.4) is 0 Å². The van der Waals surface area contributed by atoms with E-state index in [1.165, 1.54) is 48.5 Å². The molecule has 0 amide bonds. The predicted octanol–water partition coefficient (Wildman–Crippen LogP) is 29.2. The van der Waals surface area contributed by atoms with Crippen molar-refractivity contribution in [3.8, 4) is 50.4 Å². The third-order valence-corrected chi connectivity index (χ3v) is 37.7. The van der Waals surface area contributed by atoms with Gasteiger partial charge in [0, 0.05) is 125 Å². The molecule has 0 saturated carbocycles. The zero-order valence-electron chi connectivity index (χ0n) is 72.9. The summed E-state index contributed by atoms with van der Waals surface area (Å²) in [4.78, 5) is 2.35. The molecule has 634 valence electrons. The van der Waals surface area contributed by atoms with Crippen LogP contribution in [0, 0.1) is 0 Å². The minimum absolute atomic E-state index is 0.872. The minimum atomic E-state index is -3.07. The number of benzene rings is 22. The van der Waals surface area contributed by atoms with Gasteiger partial charge in [0.1, 0.15) is 11.2 Å². The maximum Gasteiger partial charge on any atom is 0.172 e. The molecular weight excluding hydrogens is 1700 g/mol. The van der Waals surface area contributed by atoms with E-state index in [1.807, 2.05) is 140 Å². The number of rotatable bonds is 9. The summed E-state index contributed by atoms with van der Waals surface area (Å²) in [5.74, 6) is 0. The van der Waals surface area contributed by atoms with Crippen molar-refractivity contribution < 1.29 is 18.1 Å². The molecule has 11 heteroatoms.